The van der Waals surface area contributed by atoms with Gasteiger partial charge in [0.1, 0.15) is 43.2 Å². The number of aromatic nitrogens is 3. The molecule has 0 unspecified atom stereocenters. The molecule has 0 aliphatic carbocycles. The lowest BCUT2D eigenvalue weighted by Crippen LogP contribution is -2.71. The summed E-state index contributed by atoms with van der Waals surface area (Å²) in [6.45, 7) is 0.744. The number of carboxylic acid groups (broad SMARTS) is 1. The molecule has 0 bridgehead atoms. The maximum Gasteiger partial charge on any atom is 0.287 e. The lowest BCUT2D eigenvalue weighted by Gasteiger charge is -2.50. The van der Waals surface area contributed by atoms with Gasteiger partial charge in [0.25, 0.3) is 17.5 Å². The predicted octanol–water partition coefficient (Wildman–Crippen LogP) is -1.44. The lowest BCUT2D eigenvalue weighted by molar-refractivity contribution is -0.662. The Kier molecular flexibility index (Phi) is 8.46. The minimum atomic E-state index is -1.47. The van der Waals surface area contributed by atoms with Gasteiger partial charge in [0.2, 0.25) is 6.41 Å². The minimum Gasteiger partial charge on any atom is -0.543 e. The van der Waals surface area contributed by atoms with Gasteiger partial charge >= 0.3 is 0 Å². The van der Waals surface area contributed by atoms with E-state index in [1.54, 1.807) is 11.8 Å². The number of hydrogen-bond donors (Lipinski definition) is 3. The van der Waals surface area contributed by atoms with Crippen molar-refractivity contribution in [3.05, 3.63) is 52.9 Å². The van der Waals surface area contributed by atoms with Gasteiger partial charge in [-0.05, 0) is 12.1 Å². The summed E-state index contributed by atoms with van der Waals surface area (Å²) < 4.78 is 3.86. The first kappa shape index (κ1) is 28.4. The van der Waals surface area contributed by atoms with Crippen LogP contribution in [-0.2, 0) is 30.6 Å². The maximum absolute atomic E-state index is 13.1. The molecule has 0 radical (unpaired) electrons. The van der Waals surface area contributed by atoms with Crippen molar-refractivity contribution in [3.63, 3.8) is 0 Å². The van der Waals surface area contributed by atoms with Crippen LogP contribution < -0.4 is 26.0 Å². The van der Waals surface area contributed by atoms with Gasteiger partial charge in [-0.3, -0.25) is 19.3 Å². The average molecular weight is 617 g/mol. The third-order valence-electron chi connectivity index (χ3n) is 6.29. The Balaban J connectivity index is 1.34. The number of rotatable bonds is 12. The van der Waals surface area contributed by atoms with Gasteiger partial charge in [-0.25, -0.2) is 9.55 Å². The summed E-state index contributed by atoms with van der Waals surface area (Å²) in [5.74, 6) is -1.75. The highest BCUT2D eigenvalue weighted by atomic mass is 32.2. The molecule has 41 heavy (non-hydrogen) atoms. The smallest absolute Gasteiger partial charge is 0.287 e. The first-order valence-corrected chi connectivity index (χ1v) is 15.1. The number of pyridine rings is 1. The fourth-order valence-corrected chi connectivity index (χ4v) is 7.30. The van der Waals surface area contributed by atoms with E-state index in [1.807, 2.05) is 39.6 Å². The van der Waals surface area contributed by atoms with Gasteiger partial charge in [-0.2, -0.15) is 4.40 Å². The second-order valence-corrected chi connectivity index (χ2v) is 11.8. The van der Waals surface area contributed by atoms with E-state index in [0.29, 0.717) is 30.0 Å². The number of carbonyl (C=O) groups excluding carboxylic acids is 4. The number of nitrogens with zero attached hydrogens (tertiary/aromatic N) is 5. The number of thiazole rings is 1. The third-order valence-corrected chi connectivity index (χ3v) is 9.34. The van der Waals surface area contributed by atoms with Gasteiger partial charge < -0.3 is 31.1 Å². The van der Waals surface area contributed by atoms with Crippen molar-refractivity contribution in [1.82, 2.24) is 24.9 Å². The summed E-state index contributed by atoms with van der Waals surface area (Å²) in [7, 11) is 1.27. The number of hydrogen-bond acceptors (Lipinski definition) is 12. The second kappa shape index (κ2) is 12.2. The first-order valence-electron chi connectivity index (χ1n) is 12.1. The van der Waals surface area contributed by atoms with Gasteiger partial charge in [0.15, 0.2) is 15.9 Å². The summed E-state index contributed by atoms with van der Waals surface area (Å²) in [5.41, 5.74) is 6.84. The average Bonchev–Trinajstić information content (AvgIpc) is 3.58. The van der Waals surface area contributed by atoms with Crippen LogP contribution in [-0.4, -0.2) is 80.8 Å². The number of anilines is 1. The molecular formula is C24H24N8O6S3. The summed E-state index contributed by atoms with van der Waals surface area (Å²) in [6.07, 6.45) is 4.37. The Morgan fingerprint density at radius 3 is 2.95 bits per heavy atom. The zero-order chi connectivity index (χ0) is 29.1. The molecule has 3 aromatic heterocycles. The standard InChI is InChI=1S/C24H24N8O6S3/c1-38-29-17(14-11-41-24(25)27-14)20(34)28-18-21(35)32-19(23(36)37)13(10-40-22(18)32)9-30-6-7-31-15(30)3-2-4-16(31)39-8-5-26-12-33/h2-4,6-7,11-12,18,22H,5,8-10H2,1H3,(H4-,25,26,27,28,33,34,36,37)/b29-17-/t18-,22+/m1/s1. The molecule has 0 saturated carbocycles. The van der Waals surface area contributed by atoms with Crippen molar-refractivity contribution < 1.29 is 33.7 Å². The summed E-state index contributed by atoms with van der Waals surface area (Å²) in [5, 5.41) is 23.3. The molecule has 3 aromatic rings. The molecule has 2 aliphatic rings. The normalized spacial score (nSPS) is 18.6. The van der Waals surface area contributed by atoms with E-state index in [4.69, 9.17) is 10.6 Å². The lowest BCUT2D eigenvalue weighted by atomic mass is 10.0. The number of thioether (sulfide) groups is 2. The van der Waals surface area contributed by atoms with Crippen LogP contribution in [0.15, 0.2) is 57.4 Å². The second-order valence-electron chi connectivity index (χ2n) is 8.73. The maximum atomic E-state index is 13.1. The molecule has 5 rings (SSSR count). The Hall–Kier alpha value is -4.09. The molecule has 2 aliphatic heterocycles. The zero-order valence-corrected chi connectivity index (χ0v) is 24.0. The molecule has 1 saturated heterocycles. The molecule has 2 atom stereocenters. The zero-order valence-electron chi connectivity index (χ0n) is 21.5. The predicted molar refractivity (Wildman–Crippen MR) is 150 cm³/mol. The van der Waals surface area contributed by atoms with E-state index in [1.165, 1.54) is 24.3 Å². The summed E-state index contributed by atoms with van der Waals surface area (Å²) in [6, 6.07) is 4.78. The summed E-state index contributed by atoms with van der Waals surface area (Å²) >= 11 is 4.03. The van der Waals surface area contributed by atoms with Crippen LogP contribution in [0, 0.1) is 0 Å². The summed E-state index contributed by atoms with van der Waals surface area (Å²) in [4.78, 5) is 58.8. The molecule has 17 heteroatoms. The molecular weight excluding hydrogens is 593 g/mol. The highest BCUT2D eigenvalue weighted by molar-refractivity contribution is 8.00. The monoisotopic (exact) mass is 616 g/mol. The van der Waals surface area contributed by atoms with Crippen molar-refractivity contribution in [3.8, 4) is 0 Å². The van der Waals surface area contributed by atoms with Crippen LogP contribution in [0.1, 0.15) is 5.69 Å². The largest absolute Gasteiger partial charge is 0.543 e. The Labute approximate surface area is 245 Å². The Morgan fingerprint density at radius 2 is 2.24 bits per heavy atom. The molecule has 0 aromatic carbocycles. The number of β-lactam (4-membered cyclic amide) rings is 1. The van der Waals surface area contributed by atoms with E-state index in [0.717, 1.165) is 26.9 Å². The number of nitrogen functional groups attached to an aromatic ring is 1. The molecule has 5 heterocycles. The topological polar surface area (TPSA) is 187 Å². The first-order chi connectivity index (χ1) is 19.8. The van der Waals surface area contributed by atoms with Crippen LogP contribution >= 0.6 is 34.9 Å². The quantitative estimate of drug-likeness (QED) is 0.0414. The van der Waals surface area contributed by atoms with Crippen LogP contribution in [0.3, 0.4) is 0 Å². The van der Waals surface area contributed by atoms with Crippen molar-refractivity contribution in [2.24, 2.45) is 5.16 Å². The van der Waals surface area contributed by atoms with E-state index in [-0.39, 0.29) is 28.8 Å². The highest BCUT2D eigenvalue weighted by Crippen LogP contribution is 2.40. The van der Waals surface area contributed by atoms with Crippen molar-refractivity contribution >= 4 is 75.5 Å². The van der Waals surface area contributed by atoms with Crippen LogP contribution in [0.5, 0.6) is 0 Å². The van der Waals surface area contributed by atoms with Crippen molar-refractivity contribution in [2.45, 2.75) is 23.0 Å². The fraction of sp³-hybridized carbons (Fsp3) is 0.292. The van der Waals surface area contributed by atoms with E-state index in [9.17, 15) is 24.3 Å². The van der Waals surface area contributed by atoms with E-state index in [2.05, 4.69) is 20.8 Å². The number of oxime groups is 1. The fourth-order valence-electron chi connectivity index (χ4n) is 4.52. The van der Waals surface area contributed by atoms with Crippen LogP contribution in [0.25, 0.3) is 5.65 Å². The van der Waals surface area contributed by atoms with Gasteiger partial charge in [-0.1, -0.05) is 16.9 Å². The SMILES string of the molecule is CO/N=C(\C(=O)N[C@@H]1C(=O)N2C(C(=O)[O-])=C(C[n+]3ccn4c(SCCNC=O)cccc43)CS[C@@H]12)c1csc(N)n1. The molecule has 14 nitrogen and oxygen atoms in total. The Morgan fingerprint density at radius 1 is 1.41 bits per heavy atom. The highest BCUT2D eigenvalue weighted by Gasteiger charge is 2.53. The van der Waals surface area contributed by atoms with Crippen LogP contribution in [0.2, 0.25) is 0 Å². The van der Waals surface area contributed by atoms with Gasteiger partial charge in [0.05, 0.1) is 11.7 Å². The number of imidazole rings is 1. The van der Waals surface area contributed by atoms with Gasteiger partial charge in [0, 0.05) is 35.1 Å². The molecule has 0 spiro atoms. The number of nitrogens with one attached hydrogen (secondary N) is 2. The molecule has 4 N–H and O–H groups in total. The molecule has 214 valence electrons. The minimum absolute atomic E-state index is 0.154. The van der Waals surface area contributed by atoms with Gasteiger partial charge in [-0.15, -0.1) is 23.1 Å². The molecule has 1 fully saturated rings. The third kappa shape index (κ3) is 5.59. The van der Waals surface area contributed by atoms with Crippen molar-refractivity contribution in [1.29, 1.82) is 0 Å². The number of carboxylic acids is 1. The number of amides is 3. The number of carbonyl (C=O) groups is 4. The molecule has 3 amide bonds. The number of nitrogens with two attached hydrogens (primary N) is 1. The Bertz CT molecular complexity index is 1580. The van der Waals surface area contributed by atoms with E-state index < -0.39 is 29.2 Å². The van der Waals surface area contributed by atoms with E-state index >= 15 is 0 Å². The van der Waals surface area contributed by atoms with Crippen molar-refractivity contribution in [2.75, 3.05) is 30.9 Å². The number of fused-ring (bicyclic) bond motifs is 2. The number of aliphatic carboxylic acids is 1. The van der Waals surface area contributed by atoms with Crippen LogP contribution in [0.4, 0.5) is 5.13 Å².